The van der Waals surface area contributed by atoms with Gasteiger partial charge in [-0.15, -0.1) is 0 Å². The first-order valence-corrected chi connectivity index (χ1v) is 8.53. The zero-order valence-corrected chi connectivity index (χ0v) is 12.0. The van der Waals surface area contributed by atoms with Crippen molar-refractivity contribution in [1.29, 1.82) is 0 Å². The van der Waals surface area contributed by atoms with Gasteiger partial charge in [0.15, 0.2) is 0 Å². The van der Waals surface area contributed by atoms with Crippen LogP contribution in [0.3, 0.4) is 0 Å². The van der Waals surface area contributed by atoms with Crippen molar-refractivity contribution in [2.45, 2.75) is 46.4 Å². The monoisotopic (exact) mass is 247 g/mol. The largest absolute Gasteiger partial charge is 0.498 e. The van der Waals surface area contributed by atoms with Gasteiger partial charge < -0.3 is 13.3 Å². The second-order valence-electron chi connectivity index (χ2n) is 4.19. The van der Waals surface area contributed by atoms with Gasteiger partial charge in [-0.3, -0.25) is 4.90 Å². The molecule has 0 radical (unpaired) electrons. The molecule has 16 heavy (non-hydrogen) atoms. The fraction of sp³-hybridized carbons (Fsp3) is 1.00. The van der Waals surface area contributed by atoms with Crippen LogP contribution >= 0.6 is 0 Å². The first-order valence-electron chi connectivity index (χ1n) is 6.31. The molecule has 0 amide bonds. The van der Waals surface area contributed by atoms with E-state index in [1.54, 1.807) is 0 Å². The van der Waals surface area contributed by atoms with Crippen LogP contribution in [0.25, 0.3) is 0 Å². The molecule has 1 aliphatic heterocycles. The Bertz CT molecular complexity index is 192. The van der Waals surface area contributed by atoms with Crippen molar-refractivity contribution in [3.05, 3.63) is 0 Å². The molecule has 1 aliphatic rings. The minimum atomic E-state index is -2.42. The highest BCUT2D eigenvalue weighted by Crippen LogP contribution is 2.18. The average Bonchev–Trinajstić information content (AvgIpc) is 2.70. The van der Waals surface area contributed by atoms with Crippen molar-refractivity contribution in [2.24, 2.45) is 0 Å². The van der Waals surface area contributed by atoms with Crippen LogP contribution < -0.4 is 0 Å². The molecule has 1 saturated heterocycles. The summed E-state index contributed by atoms with van der Waals surface area (Å²) in [5.74, 6) is 0. The molecule has 96 valence electrons. The third-order valence-electron chi connectivity index (χ3n) is 2.85. The molecule has 1 heterocycles. The first-order chi connectivity index (χ1) is 7.61. The molecule has 5 heteroatoms. The molecule has 1 unspecified atom stereocenters. The maximum absolute atomic E-state index is 6.02. The zero-order valence-electron chi connectivity index (χ0n) is 11.0. The number of nitrogens with zero attached hydrogens (tertiary/aromatic N) is 1. The van der Waals surface area contributed by atoms with Crippen LogP contribution in [0.5, 0.6) is 0 Å². The molecule has 0 saturated carbocycles. The van der Waals surface area contributed by atoms with Crippen molar-refractivity contribution < 1.29 is 13.3 Å². The summed E-state index contributed by atoms with van der Waals surface area (Å²) < 4.78 is 17.4. The van der Waals surface area contributed by atoms with E-state index in [2.05, 4.69) is 11.8 Å². The number of hydrogen-bond acceptors (Lipinski definition) is 4. The van der Waals surface area contributed by atoms with Crippen LogP contribution in [0.4, 0.5) is 0 Å². The van der Waals surface area contributed by atoms with E-state index in [0.717, 1.165) is 13.1 Å². The van der Waals surface area contributed by atoms with E-state index in [0.29, 0.717) is 13.2 Å². The summed E-state index contributed by atoms with van der Waals surface area (Å²) in [4.78, 5) is 2.35. The van der Waals surface area contributed by atoms with Gasteiger partial charge in [-0.25, -0.2) is 0 Å². The Morgan fingerprint density at radius 1 is 1.12 bits per heavy atom. The first kappa shape index (κ1) is 14.1. The second kappa shape index (κ2) is 6.71. The van der Waals surface area contributed by atoms with Crippen LogP contribution in [-0.4, -0.2) is 46.2 Å². The van der Waals surface area contributed by atoms with Gasteiger partial charge in [0.1, 0.15) is 6.23 Å². The van der Waals surface area contributed by atoms with Crippen LogP contribution in [0.1, 0.15) is 33.6 Å². The van der Waals surface area contributed by atoms with Gasteiger partial charge >= 0.3 is 8.80 Å². The minimum Gasteiger partial charge on any atom is -0.374 e. The molecule has 4 nitrogen and oxygen atoms in total. The van der Waals surface area contributed by atoms with Crippen molar-refractivity contribution in [1.82, 2.24) is 4.90 Å². The molecule has 0 bridgehead atoms. The summed E-state index contributed by atoms with van der Waals surface area (Å²) in [7, 11) is -2.42. The summed E-state index contributed by atoms with van der Waals surface area (Å²) in [6, 6.07) is 0. The molecule has 0 aromatic heterocycles. The van der Waals surface area contributed by atoms with Gasteiger partial charge in [0.2, 0.25) is 0 Å². The lowest BCUT2D eigenvalue weighted by molar-refractivity contribution is -0.0211. The van der Waals surface area contributed by atoms with E-state index in [9.17, 15) is 0 Å². The fourth-order valence-electron chi connectivity index (χ4n) is 2.12. The fourth-order valence-corrected chi connectivity index (χ4v) is 4.16. The second-order valence-corrected chi connectivity index (χ2v) is 6.73. The van der Waals surface area contributed by atoms with Gasteiger partial charge in [-0.2, -0.15) is 0 Å². The summed E-state index contributed by atoms with van der Waals surface area (Å²) in [5.41, 5.74) is 0. The zero-order chi connectivity index (χ0) is 12.0. The lowest BCUT2D eigenvalue weighted by Gasteiger charge is -2.32. The molecular weight excluding hydrogens is 222 g/mol. The maximum Gasteiger partial charge on any atom is 0.498 e. The van der Waals surface area contributed by atoms with E-state index in [1.807, 2.05) is 20.4 Å². The van der Waals surface area contributed by atoms with Gasteiger partial charge in [0, 0.05) is 32.9 Å². The summed E-state index contributed by atoms with van der Waals surface area (Å²) >= 11 is 0. The van der Waals surface area contributed by atoms with Gasteiger partial charge in [0.25, 0.3) is 0 Å². The van der Waals surface area contributed by atoms with Gasteiger partial charge in [0.05, 0.1) is 0 Å². The van der Waals surface area contributed by atoms with Crippen LogP contribution in [0.15, 0.2) is 0 Å². The molecule has 0 spiro atoms. The maximum atomic E-state index is 6.02. The highest BCUT2D eigenvalue weighted by molar-refractivity contribution is 6.59. The van der Waals surface area contributed by atoms with Crippen molar-refractivity contribution in [2.75, 3.05) is 26.3 Å². The number of hydrogen-bond donors (Lipinski definition) is 0. The predicted octanol–water partition coefficient (Wildman–Crippen LogP) is 2.09. The SMILES string of the molecule is CCO[Si](C)(OCC)OC(C)N1CCCC1. The van der Waals surface area contributed by atoms with Crippen LogP contribution in [0, 0.1) is 0 Å². The molecule has 0 aliphatic carbocycles. The summed E-state index contributed by atoms with van der Waals surface area (Å²) in [6.07, 6.45) is 2.65. The van der Waals surface area contributed by atoms with E-state index in [-0.39, 0.29) is 6.23 Å². The third kappa shape index (κ3) is 4.14. The smallest absolute Gasteiger partial charge is 0.374 e. The lowest BCUT2D eigenvalue weighted by Crippen LogP contribution is -2.49. The Labute approximate surface area is 100 Å². The Kier molecular flexibility index (Phi) is 5.92. The number of rotatable bonds is 7. The molecule has 1 fully saturated rings. The Hall–Kier alpha value is 0.0569. The van der Waals surface area contributed by atoms with Crippen molar-refractivity contribution >= 4 is 8.80 Å². The Balaban J connectivity index is 2.45. The van der Waals surface area contributed by atoms with Gasteiger partial charge in [-0.1, -0.05) is 0 Å². The molecule has 0 aromatic carbocycles. The normalized spacial score (nSPS) is 20.2. The summed E-state index contributed by atoms with van der Waals surface area (Å²) in [6.45, 7) is 11.6. The third-order valence-corrected chi connectivity index (χ3v) is 5.25. The quantitative estimate of drug-likeness (QED) is 0.645. The molecular formula is C11H25NO3Si. The molecule has 1 atom stereocenters. The predicted molar refractivity (Wildman–Crippen MR) is 66.2 cm³/mol. The highest BCUT2D eigenvalue weighted by Gasteiger charge is 2.37. The van der Waals surface area contributed by atoms with E-state index < -0.39 is 8.80 Å². The van der Waals surface area contributed by atoms with Crippen molar-refractivity contribution in [3.63, 3.8) is 0 Å². The minimum absolute atomic E-state index is 0.109. The van der Waals surface area contributed by atoms with Gasteiger partial charge in [-0.05, 0) is 33.6 Å². The van der Waals surface area contributed by atoms with E-state index in [4.69, 9.17) is 13.3 Å². The van der Waals surface area contributed by atoms with Crippen LogP contribution in [-0.2, 0) is 13.3 Å². The highest BCUT2D eigenvalue weighted by atomic mass is 28.4. The van der Waals surface area contributed by atoms with Crippen molar-refractivity contribution in [3.8, 4) is 0 Å². The lowest BCUT2D eigenvalue weighted by atomic mass is 10.4. The topological polar surface area (TPSA) is 30.9 Å². The number of likely N-dealkylation sites (tertiary alicyclic amines) is 1. The van der Waals surface area contributed by atoms with E-state index in [1.165, 1.54) is 12.8 Å². The Morgan fingerprint density at radius 3 is 2.06 bits per heavy atom. The standard InChI is InChI=1S/C11H25NO3Si/c1-5-13-16(4,14-6-2)15-11(3)12-9-7-8-10-12/h11H,5-10H2,1-4H3. The molecule has 1 rings (SSSR count). The summed E-state index contributed by atoms with van der Waals surface area (Å²) in [5, 5.41) is 0. The van der Waals surface area contributed by atoms with Crippen LogP contribution in [0.2, 0.25) is 6.55 Å². The molecule has 0 N–H and O–H groups in total. The van der Waals surface area contributed by atoms with E-state index >= 15 is 0 Å². The Morgan fingerprint density at radius 2 is 1.62 bits per heavy atom. The molecule has 0 aromatic rings. The average molecular weight is 247 g/mol.